The van der Waals surface area contributed by atoms with Gasteiger partial charge in [-0.15, -0.1) is 0 Å². The fourth-order valence-corrected chi connectivity index (χ4v) is 2.36. The van der Waals surface area contributed by atoms with Crippen molar-refractivity contribution in [2.24, 2.45) is 5.10 Å². The SMILES string of the molecule is COc1cc(/C=N/NC(=O)c2cnccn2)ccc1OC(=O)/C=C/c1ccccc1. The molecular weight excluding hydrogens is 384 g/mol. The van der Waals surface area contributed by atoms with Crippen molar-refractivity contribution in [2.75, 3.05) is 7.11 Å². The van der Waals surface area contributed by atoms with Crippen LogP contribution in [-0.4, -0.2) is 35.2 Å². The first-order valence-electron chi connectivity index (χ1n) is 8.88. The number of carbonyl (C=O) groups excluding carboxylic acids is 2. The summed E-state index contributed by atoms with van der Waals surface area (Å²) in [7, 11) is 1.46. The molecule has 8 heteroatoms. The van der Waals surface area contributed by atoms with Gasteiger partial charge in [0.15, 0.2) is 11.5 Å². The molecule has 1 heterocycles. The molecule has 0 saturated heterocycles. The summed E-state index contributed by atoms with van der Waals surface area (Å²) in [5, 5.41) is 3.88. The minimum atomic E-state index is -0.533. The molecule has 30 heavy (non-hydrogen) atoms. The molecule has 150 valence electrons. The Kier molecular flexibility index (Phi) is 6.99. The van der Waals surface area contributed by atoms with E-state index in [0.717, 1.165) is 5.56 Å². The number of esters is 1. The number of rotatable bonds is 7. The van der Waals surface area contributed by atoms with Crippen molar-refractivity contribution in [2.45, 2.75) is 0 Å². The molecule has 1 aromatic heterocycles. The van der Waals surface area contributed by atoms with Crippen LogP contribution in [0, 0.1) is 0 Å². The fraction of sp³-hybridized carbons (Fsp3) is 0.0455. The van der Waals surface area contributed by atoms with E-state index < -0.39 is 11.9 Å². The molecule has 1 amide bonds. The van der Waals surface area contributed by atoms with Gasteiger partial charge in [-0.25, -0.2) is 15.2 Å². The van der Waals surface area contributed by atoms with Gasteiger partial charge in [-0.2, -0.15) is 5.10 Å². The van der Waals surface area contributed by atoms with E-state index in [0.29, 0.717) is 11.3 Å². The van der Waals surface area contributed by atoms with Crippen LogP contribution in [0.25, 0.3) is 6.08 Å². The number of hydrazone groups is 1. The third-order valence-electron chi connectivity index (χ3n) is 3.79. The van der Waals surface area contributed by atoms with Gasteiger partial charge >= 0.3 is 5.97 Å². The molecule has 0 aliphatic heterocycles. The Balaban J connectivity index is 1.62. The molecule has 3 rings (SSSR count). The molecule has 0 saturated carbocycles. The van der Waals surface area contributed by atoms with Gasteiger partial charge < -0.3 is 9.47 Å². The second-order valence-corrected chi connectivity index (χ2v) is 5.87. The minimum Gasteiger partial charge on any atom is -0.493 e. The van der Waals surface area contributed by atoms with Crippen molar-refractivity contribution in [3.63, 3.8) is 0 Å². The highest BCUT2D eigenvalue weighted by atomic mass is 16.6. The molecule has 0 aliphatic rings. The number of amides is 1. The lowest BCUT2D eigenvalue weighted by Gasteiger charge is -2.08. The second-order valence-electron chi connectivity index (χ2n) is 5.87. The third kappa shape index (κ3) is 5.83. The molecule has 0 fully saturated rings. The molecule has 0 bridgehead atoms. The lowest BCUT2D eigenvalue weighted by atomic mass is 10.2. The largest absolute Gasteiger partial charge is 0.493 e. The Labute approximate surface area is 172 Å². The van der Waals surface area contributed by atoms with Gasteiger partial charge in [0.25, 0.3) is 5.91 Å². The second kappa shape index (κ2) is 10.3. The first-order chi connectivity index (χ1) is 14.7. The van der Waals surface area contributed by atoms with Crippen LogP contribution in [0.15, 0.2) is 78.3 Å². The summed E-state index contributed by atoms with van der Waals surface area (Å²) < 4.78 is 10.6. The summed E-state index contributed by atoms with van der Waals surface area (Å²) in [6.07, 6.45) is 8.65. The van der Waals surface area contributed by atoms with Crippen molar-refractivity contribution in [3.05, 3.63) is 90.0 Å². The summed E-state index contributed by atoms with van der Waals surface area (Å²) in [6, 6.07) is 14.3. The number of aromatic nitrogens is 2. The normalized spacial score (nSPS) is 10.8. The summed E-state index contributed by atoms with van der Waals surface area (Å²) >= 11 is 0. The Morgan fingerprint density at radius 1 is 1.03 bits per heavy atom. The maximum Gasteiger partial charge on any atom is 0.336 e. The van der Waals surface area contributed by atoms with Gasteiger partial charge in [-0.3, -0.25) is 9.78 Å². The molecule has 1 N–H and O–H groups in total. The lowest BCUT2D eigenvalue weighted by Crippen LogP contribution is -2.19. The number of nitrogens with one attached hydrogen (secondary N) is 1. The summed E-state index contributed by atoms with van der Waals surface area (Å²) in [4.78, 5) is 31.7. The van der Waals surface area contributed by atoms with Gasteiger partial charge in [0.2, 0.25) is 0 Å². The lowest BCUT2D eigenvalue weighted by molar-refractivity contribution is -0.129. The van der Waals surface area contributed by atoms with Crippen molar-refractivity contribution in [1.29, 1.82) is 0 Å². The van der Waals surface area contributed by atoms with Crippen LogP contribution in [-0.2, 0) is 4.79 Å². The first kappa shape index (κ1) is 20.4. The van der Waals surface area contributed by atoms with E-state index in [9.17, 15) is 9.59 Å². The van der Waals surface area contributed by atoms with Crippen LogP contribution in [0.1, 0.15) is 21.6 Å². The molecule has 0 radical (unpaired) electrons. The van der Waals surface area contributed by atoms with Gasteiger partial charge in [0.1, 0.15) is 5.69 Å². The molecule has 3 aromatic rings. The van der Waals surface area contributed by atoms with Crippen molar-refractivity contribution < 1.29 is 19.1 Å². The number of benzene rings is 2. The molecule has 0 spiro atoms. The summed E-state index contributed by atoms with van der Waals surface area (Å²) in [5.74, 6) is -0.404. The number of carbonyl (C=O) groups is 2. The zero-order valence-electron chi connectivity index (χ0n) is 16.1. The molecule has 2 aromatic carbocycles. The average molecular weight is 402 g/mol. The van der Waals surface area contributed by atoms with E-state index in [1.807, 2.05) is 30.3 Å². The van der Waals surface area contributed by atoms with Crippen LogP contribution >= 0.6 is 0 Å². The molecule has 0 atom stereocenters. The topological polar surface area (TPSA) is 103 Å². The van der Waals surface area contributed by atoms with E-state index in [4.69, 9.17) is 9.47 Å². The Morgan fingerprint density at radius 3 is 2.60 bits per heavy atom. The third-order valence-corrected chi connectivity index (χ3v) is 3.79. The Morgan fingerprint density at radius 2 is 1.87 bits per heavy atom. The van der Waals surface area contributed by atoms with Crippen LogP contribution in [0.3, 0.4) is 0 Å². The molecule has 0 aliphatic carbocycles. The van der Waals surface area contributed by atoms with E-state index in [1.165, 1.54) is 38.0 Å². The van der Waals surface area contributed by atoms with Crippen molar-refractivity contribution in [3.8, 4) is 11.5 Å². The number of ether oxygens (including phenoxy) is 2. The zero-order chi connectivity index (χ0) is 21.2. The number of nitrogens with zero attached hydrogens (tertiary/aromatic N) is 3. The van der Waals surface area contributed by atoms with Gasteiger partial charge in [0, 0.05) is 18.5 Å². The highest BCUT2D eigenvalue weighted by Crippen LogP contribution is 2.27. The molecular formula is C22H18N4O4. The maximum absolute atomic E-state index is 12.1. The number of hydrogen-bond donors (Lipinski definition) is 1. The van der Waals surface area contributed by atoms with Gasteiger partial charge in [0.05, 0.1) is 19.5 Å². The molecule has 8 nitrogen and oxygen atoms in total. The minimum absolute atomic E-state index is 0.151. The number of methoxy groups -OCH3 is 1. The van der Waals surface area contributed by atoms with Gasteiger partial charge in [-0.05, 0) is 35.4 Å². The summed E-state index contributed by atoms with van der Waals surface area (Å²) in [6.45, 7) is 0. The highest BCUT2D eigenvalue weighted by Gasteiger charge is 2.09. The van der Waals surface area contributed by atoms with Crippen LogP contribution < -0.4 is 14.9 Å². The van der Waals surface area contributed by atoms with Crippen molar-refractivity contribution in [1.82, 2.24) is 15.4 Å². The predicted molar refractivity (Wildman–Crippen MR) is 111 cm³/mol. The molecule has 0 unspecified atom stereocenters. The Bertz CT molecular complexity index is 1070. The first-order valence-corrected chi connectivity index (χ1v) is 8.88. The highest BCUT2D eigenvalue weighted by molar-refractivity contribution is 5.93. The van der Waals surface area contributed by atoms with Gasteiger partial charge in [-0.1, -0.05) is 30.3 Å². The van der Waals surface area contributed by atoms with Crippen LogP contribution in [0.4, 0.5) is 0 Å². The quantitative estimate of drug-likeness (QED) is 0.214. The Hall–Kier alpha value is -4.33. The van der Waals surface area contributed by atoms with E-state index in [-0.39, 0.29) is 11.4 Å². The van der Waals surface area contributed by atoms with E-state index in [1.54, 1.807) is 24.3 Å². The van der Waals surface area contributed by atoms with Crippen LogP contribution in [0.2, 0.25) is 0 Å². The van der Waals surface area contributed by atoms with Crippen LogP contribution in [0.5, 0.6) is 11.5 Å². The van der Waals surface area contributed by atoms with Crippen molar-refractivity contribution >= 4 is 24.2 Å². The van der Waals surface area contributed by atoms with E-state index in [2.05, 4.69) is 20.5 Å². The smallest absolute Gasteiger partial charge is 0.336 e. The fourth-order valence-electron chi connectivity index (χ4n) is 2.36. The standard InChI is InChI=1S/C22H18N4O4/c1-29-20-13-17(14-25-26-22(28)18-15-23-11-12-24-18)7-9-19(20)30-21(27)10-8-16-5-3-2-4-6-16/h2-15H,1H3,(H,26,28)/b10-8+,25-14+. The van der Waals surface area contributed by atoms with E-state index >= 15 is 0 Å². The summed E-state index contributed by atoms with van der Waals surface area (Å²) in [5.41, 5.74) is 4.02. The average Bonchev–Trinajstić information content (AvgIpc) is 2.79. The predicted octanol–water partition coefficient (Wildman–Crippen LogP) is 2.87. The number of hydrogen-bond acceptors (Lipinski definition) is 7. The maximum atomic E-state index is 12.1. The monoisotopic (exact) mass is 402 g/mol. The zero-order valence-corrected chi connectivity index (χ0v) is 16.1.